The summed E-state index contributed by atoms with van der Waals surface area (Å²) in [4.78, 5) is 12.7. The molecule has 0 bridgehead atoms. The Balaban J connectivity index is 1.92. The molecule has 0 saturated heterocycles. The lowest BCUT2D eigenvalue weighted by atomic mass is 9.81. The zero-order chi connectivity index (χ0) is 15.3. The van der Waals surface area contributed by atoms with Crippen molar-refractivity contribution in [2.24, 2.45) is 5.73 Å². The third-order valence-corrected chi connectivity index (χ3v) is 4.67. The van der Waals surface area contributed by atoms with Crippen LogP contribution in [0.5, 0.6) is 0 Å². The second kappa shape index (κ2) is 7.03. The summed E-state index contributed by atoms with van der Waals surface area (Å²) in [6.07, 6.45) is 6.33. The Labute approximate surface area is 132 Å². The van der Waals surface area contributed by atoms with Gasteiger partial charge in [0.2, 0.25) is 5.91 Å². The Bertz CT molecular complexity index is 521. The normalized spacial score (nSPS) is 17.2. The maximum absolute atomic E-state index is 12.3. The topological polar surface area (TPSA) is 55.1 Å². The minimum absolute atomic E-state index is 0.0474. The number of amides is 1. The molecule has 1 fully saturated rings. The smallest absolute Gasteiger partial charge is 0.221 e. The molecule has 1 amide bonds. The van der Waals surface area contributed by atoms with Gasteiger partial charge < -0.3 is 11.1 Å². The highest BCUT2D eigenvalue weighted by atomic mass is 32.1. The van der Waals surface area contributed by atoms with Gasteiger partial charge in [-0.3, -0.25) is 4.79 Å². The van der Waals surface area contributed by atoms with E-state index in [1.54, 1.807) is 0 Å². The zero-order valence-electron chi connectivity index (χ0n) is 12.7. The maximum atomic E-state index is 12.3. The Morgan fingerprint density at radius 1 is 1.33 bits per heavy atom. The first-order valence-electron chi connectivity index (χ1n) is 7.68. The second-order valence-electron chi connectivity index (χ2n) is 6.04. The van der Waals surface area contributed by atoms with E-state index in [2.05, 4.69) is 30.4 Å². The quantitative estimate of drug-likeness (QED) is 0.822. The molecular weight excluding hydrogens is 280 g/mol. The van der Waals surface area contributed by atoms with Crippen molar-refractivity contribution in [2.75, 3.05) is 0 Å². The largest absolute Gasteiger partial charge is 0.391 e. The van der Waals surface area contributed by atoms with Crippen LogP contribution in [0.25, 0.3) is 0 Å². The average molecular weight is 304 g/mol. The van der Waals surface area contributed by atoms with E-state index >= 15 is 0 Å². The van der Waals surface area contributed by atoms with Crippen LogP contribution in [0.2, 0.25) is 0 Å². The number of benzene rings is 1. The third kappa shape index (κ3) is 4.27. The van der Waals surface area contributed by atoms with Crippen LogP contribution in [0.4, 0.5) is 0 Å². The number of rotatable bonds is 5. The predicted octanol–water partition coefficient (Wildman–Crippen LogP) is 3.03. The van der Waals surface area contributed by atoms with Gasteiger partial charge in [0.1, 0.15) is 0 Å². The molecular formula is C17H24N2OS. The number of thiocarbonyl (C=S) groups is 1. The van der Waals surface area contributed by atoms with Crippen molar-refractivity contribution in [2.45, 2.75) is 57.4 Å². The first-order valence-corrected chi connectivity index (χ1v) is 8.09. The molecule has 3 N–H and O–H groups in total. The number of nitrogens with two attached hydrogens (primary N) is 1. The predicted molar refractivity (Wildman–Crippen MR) is 90.2 cm³/mol. The SMILES string of the molecule is Cc1cccc(CCC(=O)NC2(C(N)=S)CCCCC2)c1. The van der Waals surface area contributed by atoms with Gasteiger partial charge in [-0.15, -0.1) is 0 Å². The summed E-state index contributed by atoms with van der Waals surface area (Å²) in [7, 11) is 0. The fraction of sp³-hybridized carbons (Fsp3) is 0.529. The molecule has 3 nitrogen and oxygen atoms in total. The van der Waals surface area contributed by atoms with Crippen molar-refractivity contribution in [3.8, 4) is 0 Å². The van der Waals surface area contributed by atoms with Crippen LogP contribution in [0, 0.1) is 6.92 Å². The van der Waals surface area contributed by atoms with E-state index in [9.17, 15) is 4.79 Å². The fourth-order valence-corrected chi connectivity index (χ4v) is 3.30. The van der Waals surface area contributed by atoms with Crippen LogP contribution in [0.15, 0.2) is 24.3 Å². The molecule has 0 aromatic heterocycles. The van der Waals surface area contributed by atoms with E-state index in [1.807, 2.05) is 6.07 Å². The summed E-state index contributed by atoms with van der Waals surface area (Å²) in [5.41, 5.74) is 7.86. The van der Waals surface area contributed by atoms with Crippen LogP contribution >= 0.6 is 12.2 Å². The van der Waals surface area contributed by atoms with Crippen molar-refractivity contribution in [3.05, 3.63) is 35.4 Å². The molecule has 0 aliphatic heterocycles. The van der Waals surface area contributed by atoms with Crippen LogP contribution in [0.1, 0.15) is 49.7 Å². The molecule has 1 aliphatic rings. The summed E-state index contributed by atoms with van der Waals surface area (Å²) < 4.78 is 0. The first-order chi connectivity index (χ1) is 10.0. The van der Waals surface area contributed by atoms with E-state index in [0.717, 1.165) is 32.1 Å². The monoisotopic (exact) mass is 304 g/mol. The van der Waals surface area contributed by atoms with E-state index in [0.29, 0.717) is 11.4 Å². The molecule has 0 unspecified atom stereocenters. The van der Waals surface area contributed by atoms with Crippen LogP contribution < -0.4 is 11.1 Å². The standard InChI is InChI=1S/C17H24N2OS/c1-13-6-5-7-14(12-13)8-9-15(20)19-17(16(18)21)10-3-2-4-11-17/h5-7,12H,2-4,8-11H2,1H3,(H2,18,21)(H,19,20). The average Bonchev–Trinajstić information content (AvgIpc) is 2.46. The van der Waals surface area contributed by atoms with Crippen LogP contribution in [-0.4, -0.2) is 16.4 Å². The van der Waals surface area contributed by atoms with Gasteiger partial charge in [0.15, 0.2) is 0 Å². The van der Waals surface area contributed by atoms with Crippen molar-refractivity contribution in [1.29, 1.82) is 0 Å². The van der Waals surface area contributed by atoms with Crippen molar-refractivity contribution in [3.63, 3.8) is 0 Å². The minimum atomic E-state index is -0.447. The van der Waals surface area contributed by atoms with Gasteiger partial charge in [0, 0.05) is 6.42 Å². The van der Waals surface area contributed by atoms with Gasteiger partial charge >= 0.3 is 0 Å². The number of hydrogen-bond acceptors (Lipinski definition) is 2. The van der Waals surface area contributed by atoms with Crippen molar-refractivity contribution < 1.29 is 4.79 Å². The highest BCUT2D eigenvalue weighted by molar-refractivity contribution is 7.80. The molecule has 114 valence electrons. The molecule has 1 aromatic carbocycles. The highest BCUT2D eigenvalue weighted by Crippen LogP contribution is 2.28. The summed E-state index contributed by atoms with van der Waals surface area (Å²) in [5.74, 6) is 0.0474. The van der Waals surface area contributed by atoms with Gasteiger partial charge in [0.05, 0.1) is 10.5 Å². The highest BCUT2D eigenvalue weighted by Gasteiger charge is 2.36. The van der Waals surface area contributed by atoms with Gasteiger partial charge in [-0.05, 0) is 31.7 Å². The Morgan fingerprint density at radius 3 is 2.67 bits per heavy atom. The van der Waals surface area contributed by atoms with Gasteiger partial charge in [-0.1, -0.05) is 61.3 Å². The van der Waals surface area contributed by atoms with E-state index in [-0.39, 0.29) is 5.91 Å². The lowest BCUT2D eigenvalue weighted by molar-refractivity contribution is -0.122. The van der Waals surface area contributed by atoms with Crippen LogP contribution in [-0.2, 0) is 11.2 Å². The van der Waals surface area contributed by atoms with E-state index < -0.39 is 5.54 Å². The summed E-state index contributed by atoms with van der Waals surface area (Å²) in [6, 6.07) is 8.27. The first kappa shape index (κ1) is 16.0. The fourth-order valence-electron chi connectivity index (χ4n) is 3.04. The molecule has 1 aliphatic carbocycles. The summed E-state index contributed by atoms with van der Waals surface area (Å²) in [5, 5.41) is 3.11. The Morgan fingerprint density at radius 2 is 2.05 bits per heavy atom. The number of carbonyl (C=O) groups excluding carboxylic acids is 1. The maximum Gasteiger partial charge on any atom is 0.221 e. The molecule has 0 spiro atoms. The molecule has 0 heterocycles. The molecule has 21 heavy (non-hydrogen) atoms. The molecule has 0 atom stereocenters. The zero-order valence-corrected chi connectivity index (χ0v) is 13.5. The molecule has 2 rings (SSSR count). The van der Waals surface area contributed by atoms with E-state index in [1.165, 1.54) is 17.5 Å². The molecule has 0 radical (unpaired) electrons. The lowest BCUT2D eigenvalue weighted by Crippen LogP contribution is -2.57. The Hall–Kier alpha value is -1.42. The van der Waals surface area contributed by atoms with Crippen LogP contribution in [0.3, 0.4) is 0 Å². The van der Waals surface area contributed by atoms with Gasteiger partial charge in [-0.25, -0.2) is 0 Å². The Kier molecular flexibility index (Phi) is 5.34. The number of nitrogens with one attached hydrogen (secondary N) is 1. The summed E-state index contributed by atoms with van der Waals surface area (Å²) >= 11 is 5.20. The third-order valence-electron chi connectivity index (χ3n) is 4.28. The minimum Gasteiger partial charge on any atom is -0.391 e. The van der Waals surface area contributed by atoms with Crippen molar-refractivity contribution in [1.82, 2.24) is 5.32 Å². The molecule has 1 saturated carbocycles. The number of hydrogen-bond donors (Lipinski definition) is 2. The summed E-state index contributed by atoms with van der Waals surface area (Å²) in [6.45, 7) is 2.06. The number of carbonyl (C=O) groups is 1. The number of aryl methyl sites for hydroxylation is 2. The van der Waals surface area contributed by atoms with E-state index in [4.69, 9.17) is 18.0 Å². The molecule has 4 heteroatoms. The van der Waals surface area contributed by atoms with Gasteiger partial charge in [0.25, 0.3) is 0 Å². The van der Waals surface area contributed by atoms with Crippen molar-refractivity contribution >= 4 is 23.1 Å². The second-order valence-corrected chi connectivity index (χ2v) is 6.48. The lowest BCUT2D eigenvalue weighted by Gasteiger charge is -2.37. The van der Waals surface area contributed by atoms with Gasteiger partial charge in [-0.2, -0.15) is 0 Å². The molecule has 1 aromatic rings.